The van der Waals surface area contributed by atoms with Gasteiger partial charge in [0.05, 0.1) is 6.54 Å². The Morgan fingerprint density at radius 3 is 2.50 bits per heavy atom. The second-order valence-electron chi connectivity index (χ2n) is 10.4. The Kier molecular flexibility index (Phi) is 7.16. The molecule has 1 aromatic carbocycles. The zero-order valence-electron chi connectivity index (χ0n) is 20.7. The molecule has 3 aliphatic rings. The van der Waals surface area contributed by atoms with Gasteiger partial charge in [-0.05, 0) is 70.1 Å². The average Bonchev–Trinajstić information content (AvgIpc) is 3.23. The van der Waals surface area contributed by atoms with Crippen LogP contribution in [0.5, 0.6) is 0 Å². The lowest BCUT2D eigenvalue weighted by atomic mass is 9.86. The molecule has 2 aliphatic heterocycles. The lowest BCUT2D eigenvalue weighted by Crippen LogP contribution is -2.48. The molecule has 6 heteroatoms. The summed E-state index contributed by atoms with van der Waals surface area (Å²) in [6.45, 7) is 10.4. The van der Waals surface area contributed by atoms with Gasteiger partial charge in [0, 0.05) is 43.5 Å². The van der Waals surface area contributed by atoms with Crippen molar-refractivity contribution in [2.45, 2.75) is 51.1 Å². The molecule has 3 heterocycles. The molecule has 0 N–H and O–H groups in total. The minimum atomic E-state index is 0.120. The van der Waals surface area contributed by atoms with E-state index in [1.807, 2.05) is 15.7 Å². The summed E-state index contributed by atoms with van der Waals surface area (Å²) in [4.78, 5) is 20.5. The third-order valence-corrected chi connectivity index (χ3v) is 8.15. The quantitative estimate of drug-likeness (QED) is 0.620. The number of likely N-dealkylation sites (tertiary alicyclic amines) is 1. The molecule has 6 nitrogen and oxygen atoms in total. The van der Waals surface area contributed by atoms with E-state index < -0.39 is 0 Å². The second-order valence-corrected chi connectivity index (χ2v) is 10.4. The molecule has 0 bridgehead atoms. The van der Waals surface area contributed by atoms with E-state index in [0.29, 0.717) is 18.3 Å². The fraction of sp³-hybridized carbons (Fsp3) is 0.571. The van der Waals surface area contributed by atoms with Crippen LogP contribution >= 0.6 is 0 Å². The maximum Gasteiger partial charge on any atom is 0.274 e. The lowest BCUT2D eigenvalue weighted by Gasteiger charge is -2.39. The third kappa shape index (κ3) is 4.98. The monoisotopic (exact) mass is 461 g/mol. The summed E-state index contributed by atoms with van der Waals surface area (Å²) in [5, 5.41) is 4.84. The number of nitrogens with zero attached hydrogens (tertiary/aromatic N) is 5. The molecule has 182 valence electrons. The molecule has 34 heavy (non-hydrogen) atoms. The standard InChI is InChI=1S/C28H39N5O/c1-3-13-33-26-10-9-24(31-14-11-23(12-15-31)20-22-7-5-4-6-8-22)21-25(26)27(29-33)28(34)32-18-16-30(2)17-19-32/h3-8,23-24H,1,9-21H2,2H3/t24-/m0/s1. The first-order valence-corrected chi connectivity index (χ1v) is 13.1. The Labute approximate surface area is 204 Å². The normalized spacial score (nSPS) is 22.5. The Morgan fingerprint density at radius 2 is 1.79 bits per heavy atom. The largest absolute Gasteiger partial charge is 0.335 e. The first-order chi connectivity index (χ1) is 16.6. The predicted octanol–water partition coefficient (Wildman–Crippen LogP) is 3.27. The van der Waals surface area contributed by atoms with Crippen molar-refractivity contribution in [1.82, 2.24) is 24.5 Å². The van der Waals surface area contributed by atoms with Crippen LogP contribution < -0.4 is 0 Å². The highest BCUT2D eigenvalue weighted by atomic mass is 16.2. The summed E-state index contributed by atoms with van der Waals surface area (Å²) in [5.74, 6) is 0.900. The molecule has 0 spiro atoms. The number of hydrogen-bond acceptors (Lipinski definition) is 4. The molecule has 1 amide bonds. The van der Waals surface area contributed by atoms with E-state index in [1.165, 1.54) is 49.2 Å². The van der Waals surface area contributed by atoms with E-state index in [1.54, 1.807) is 0 Å². The van der Waals surface area contributed by atoms with Gasteiger partial charge in [0.1, 0.15) is 0 Å². The summed E-state index contributed by atoms with van der Waals surface area (Å²) >= 11 is 0. The van der Waals surface area contributed by atoms with E-state index in [9.17, 15) is 4.79 Å². The number of allylic oxidation sites excluding steroid dienone is 1. The first-order valence-electron chi connectivity index (χ1n) is 13.1. The van der Waals surface area contributed by atoms with E-state index in [4.69, 9.17) is 5.10 Å². The Hall–Kier alpha value is -2.44. The summed E-state index contributed by atoms with van der Waals surface area (Å²) in [6.07, 6.45) is 8.72. The van der Waals surface area contributed by atoms with Gasteiger partial charge in [0.2, 0.25) is 0 Å². The summed E-state index contributed by atoms with van der Waals surface area (Å²) in [5.41, 5.74) is 4.62. The van der Waals surface area contributed by atoms with Gasteiger partial charge in [-0.15, -0.1) is 6.58 Å². The highest BCUT2D eigenvalue weighted by Crippen LogP contribution is 2.31. The molecule has 0 saturated carbocycles. The third-order valence-electron chi connectivity index (χ3n) is 8.15. The zero-order valence-corrected chi connectivity index (χ0v) is 20.7. The molecule has 2 aromatic rings. The number of piperazine rings is 1. The lowest BCUT2D eigenvalue weighted by molar-refractivity contribution is 0.0655. The van der Waals surface area contributed by atoms with Gasteiger partial charge in [-0.1, -0.05) is 36.4 Å². The molecule has 1 aromatic heterocycles. The molecular weight excluding hydrogens is 422 g/mol. The van der Waals surface area contributed by atoms with E-state index in [2.05, 4.69) is 53.8 Å². The molecule has 0 unspecified atom stereocenters. The van der Waals surface area contributed by atoms with Crippen molar-refractivity contribution >= 4 is 5.91 Å². The number of likely N-dealkylation sites (N-methyl/N-ethyl adjacent to an activating group) is 1. The van der Waals surface area contributed by atoms with Gasteiger partial charge in [-0.3, -0.25) is 9.48 Å². The minimum Gasteiger partial charge on any atom is -0.335 e. The highest BCUT2D eigenvalue weighted by Gasteiger charge is 2.34. The first kappa shape index (κ1) is 23.3. The number of fused-ring (bicyclic) bond motifs is 1. The van der Waals surface area contributed by atoms with Gasteiger partial charge in [-0.25, -0.2) is 0 Å². The smallest absolute Gasteiger partial charge is 0.274 e. The van der Waals surface area contributed by atoms with Crippen LogP contribution in [0.2, 0.25) is 0 Å². The number of piperidine rings is 1. The Morgan fingerprint density at radius 1 is 1.06 bits per heavy atom. The molecule has 5 rings (SSSR count). The van der Waals surface area contributed by atoms with Crippen molar-refractivity contribution in [3.05, 3.63) is 65.5 Å². The van der Waals surface area contributed by atoms with Crippen LogP contribution in [0.1, 0.15) is 46.6 Å². The number of hydrogen-bond donors (Lipinski definition) is 0. The van der Waals surface area contributed by atoms with Crippen LogP contribution in [0.15, 0.2) is 43.0 Å². The average molecular weight is 462 g/mol. The van der Waals surface area contributed by atoms with Gasteiger partial charge >= 0.3 is 0 Å². The fourth-order valence-corrected chi connectivity index (χ4v) is 6.06. The van der Waals surface area contributed by atoms with Crippen LogP contribution in [-0.2, 0) is 25.8 Å². The van der Waals surface area contributed by atoms with Crippen molar-refractivity contribution in [1.29, 1.82) is 0 Å². The van der Waals surface area contributed by atoms with Crippen LogP contribution in [0, 0.1) is 5.92 Å². The van der Waals surface area contributed by atoms with Crippen molar-refractivity contribution in [2.24, 2.45) is 5.92 Å². The van der Waals surface area contributed by atoms with E-state index >= 15 is 0 Å². The molecule has 1 aliphatic carbocycles. The highest BCUT2D eigenvalue weighted by molar-refractivity contribution is 5.94. The molecule has 1 atom stereocenters. The van der Waals surface area contributed by atoms with Gasteiger partial charge in [0.25, 0.3) is 5.91 Å². The summed E-state index contributed by atoms with van der Waals surface area (Å²) < 4.78 is 2.04. The number of aromatic nitrogens is 2. The summed E-state index contributed by atoms with van der Waals surface area (Å²) in [7, 11) is 2.12. The van der Waals surface area contributed by atoms with Crippen molar-refractivity contribution < 1.29 is 4.79 Å². The Bertz CT molecular complexity index is 984. The molecular formula is C28H39N5O. The van der Waals surface area contributed by atoms with Crippen LogP contribution in [0.3, 0.4) is 0 Å². The number of carbonyl (C=O) groups excluding carboxylic acids is 1. The van der Waals surface area contributed by atoms with Crippen LogP contribution in [-0.4, -0.2) is 82.7 Å². The van der Waals surface area contributed by atoms with Crippen molar-refractivity contribution in [2.75, 3.05) is 46.3 Å². The van der Waals surface area contributed by atoms with Gasteiger partial charge in [-0.2, -0.15) is 5.10 Å². The van der Waals surface area contributed by atoms with Crippen LogP contribution in [0.25, 0.3) is 0 Å². The van der Waals surface area contributed by atoms with Crippen LogP contribution in [0.4, 0.5) is 0 Å². The molecule has 2 saturated heterocycles. The van der Waals surface area contributed by atoms with Crippen molar-refractivity contribution in [3.63, 3.8) is 0 Å². The van der Waals surface area contributed by atoms with Gasteiger partial charge in [0.15, 0.2) is 5.69 Å². The minimum absolute atomic E-state index is 0.120. The summed E-state index contributed by atoms with van der Waals surface area (Å²) in [6, 6.07) is 11.4. The maximum absolute atomic E-state index is 13.5. The predicted molar refractivity (Wildman–Crippen MR) is 136 cm³/mol. The molecule has 0 radical (unpaired) electrons. The Balaban J connectivity index is 1.26. The zero-order chi connectivity index (χ0) is 23.5. The maximum atomic E-state index is 13.5. The number of rotatable bonds is 6. The second kappa shape index (κ2) is 10.4. The number of carbonyl (C=O) groups is 1. The number of benzene rings is 1. The fourth-order valence-electron chi connectivity index (χ4n) is 6.06. The van der Waals surface area contributed by atoms with E-state index in [0.717, 1.165) is 51.4 Å². The molecule has 2 fully saturated rings. The van der Waals surface area contributed by atoms with Gasteiger partial charge < -0.3 is 14.7 Å². The topological polar surface area (TPSA) is 44.6 Å². The SMILES string of the molecule is C=CCn1nc(C(=O)N2CCN(C)CC2)c2c1CC[C@H](N1CCC(Cc3ccccc3)CC1)C2. The number of amides is 1. The van der Waals surface area contributed by atoms with Crippen molar-refractivity contribution in [3.8, 4) is 0 Å². The van der Waals surface area contributed by atoms with E-state index in [-0.39, 0.29) is 5.91 Å².